The van der Waals surface area contributed by atoms with Crippen LogP contribution in [0.1, 0.15) is 0 Å². The molecule has 0 aliphatic heterocycles. The molecule has 6 heavy (non-hydrogen) atoms. The first-order valence-corrected chi connectivity index (χ1v) is 0. The van der Waals surface area contributed by atoms with Gasteiger partial charge < -0.3 is 28.1 Å². The molecule has 0 atom stereocenters. The third-order valence-corrected chi connectivity index (χ3v) is 0. The van der Waals surface area contributed by atoms with Crippen LogP contribution in [0.3, 0.4) is 0 Å². The van der Waals surface area contributed by atoms with Crippen molar-refractivity contribution in [2.75, 3.05) is 0 Å². The van der Waals surface area contributed by atoms with Crippen LogP contribution in [0.25, 0.3) is 0 Å². The summed E-state index contributed by atoms with van der Waals surface area (Å²) < 4.78 is 0. The van der Waals surface area contributed by atoms with E-state index in [2.05, 4.69) is 0 Å². The van der Waals surface area contributed by atoms with E-state index < -0.39 is 0 Å². The Labute approximate surface area is 57.8 Å². The standard InChI is InChI=1S/H3N.Na.4H2O.H/h1H3;;4*1H2;. The monoisotopic (exact) mass is 113 g/mol. The molecule has 0 aromatic carbocycles. The molecule has 0 aromatic heterocycles. The van der Waals surface area contributed by atoms with Crippen molar-refractivity contribution in [3.8, 4) is 0 Å². The van der Waals surface area contributed by atoms with Crippen molar-refractivity contribution in [1.82, 2.24) is 6.15 Å². The Morgan fingerprint density at radius 1 is 0.500 bits per heavy atom. The van der Waals surface area contributed by atoms with Crippen molar-refractivity contribution in [3.63, 3.8) is 0 Å². The van der Waals surface area contributed by atoms with Gasteiger partial charge in [-0.2, -0.15) is 0 Å². The predicted octanol–water partition coefficient (Wildman–Crippen LogP) is -3.79. The van der Waals surface area contributed by atoms with Crippen molar-refractivity contribution >= 4 is 29.6 Å². The zero-order valence-corrected chi connectivity index (χ0v) is 2.71. The molecule has 11 N–H and O–H groups in total. The van der Waals surface area contributed by atoms with E-state index in [1.165, 1.54) is 0 Å². The zero-order valence-electron chi connectivity index (χ0n) is 2.71. The third-order valence-electron chi connectivity index (χ3n) is 0. The molecule has 0 radical (unpaired) electrons. The van der Waals surface area contributed by atoms with Crippen molar-refractivity contribution in [2.45, 2.75) is 0 Å². The molecule has 0 bridgehead atoms. The first-order chi connectivity index (χ1) is 0. The molecular formula is H12NNaO4. The average Bonchev–Trinajstić information content (AvgIpc) is 0. The van der Waals surface area contributed by atoms with Crippen molar-refractivity contribution < 1.29 is 21.9 Å². The first kappa shape index (κ1) is 357. The van der Waals surface area contributed by atoms with Gasteiger partial charge in [-0.25, -0.2) is 0 Å². The van der Waals surface area contributed by atoms with E-state index in [1.807, 2.05) is 0 Å². The Morgan fingerprint density at radius 3 is 0.500 bits per heavy atom. The minimum absolute atomic E-state index is 0. The van der Waals surface area contributed by atoms with E-state index in [9.17, 15) is 0 Å². The van der Waals surface area contributed by atoms with Crippen molar-refractivity contribution in [3.05, 3.63) is 0 Å². The molecule has 0 fully saturated rings. The van der Waals surface area contributed by atoms with E-state index >= 15 is 0 Å². The molecule has 0 rings (SSSR count). The van der Waals surface area contributed by atoms with Crippen LogP contribution in [-0.2, 0) is 0 Å². The van der Waals surface area contributed by atoms with Gasteiger partial charge in [0.1, 0.15) is 0 Å². The second-order valence-electron chi connectivity index (χ2n) is 0. The molecule has 0 aromatic rings. The van der Waals surface area contributed by atoms with Gasteiger partial charge in [-0.05, 0) is 0 Å². The Balaban J connectivity index is 0. The second kappa shape index (κ2) is 209. The van der Waals surface area contributed by atoms with Gasteiger partial charge >= 0.3 is 29.6 Å². The summed E-state index contributed by atoms with van der Waals surface area (Å²) in [7, 11) is 0. The summed E-state index contributed by atoms with van der Waals surface area (Å²) in [6.07, 6.45) is 0. The molecule has 6 heteroatoms. The summed E-state index contributed by atoms with van der Waals surface area (Å²) in [5.41, 5.74) is 0. The Morgan fingerprint density at radius 2 is 0.500 bits per heavy atom. The number of hydrogen-bond acceptors (Lipinski definition) is 1. The van der Waals surface area contributed by atoms with Gasteiger partial charge in [0.25, 0.3) is 0 Å². The SMILES string of the molecule is N.O.O.O.O.[NaH]. The normalized spacial score (nSPS) is 0. The van der Waals surface area contributed by atoms with Crippen molar-refractivity contribution in [1.29, 1.82) is 0 Å². The summed E-state index contributed by atoms with van der Waals surface area (Å²) in [6, 6.07) is 0. The topological polar surface area (TPSA) is 161 Å². The van der Waals surface area contributed by atoms with E-state index in [0.717, 1.165) is 0 Å². The molecule has 42 valence electrons. The van der Waals surface area contributed by atoms with Gasteiger partial charge in [-0.15, -0.1) is 0 Å². The molecular weight excluding hydrogens is 101 g/mol. The van der Waals surface area contributed by atoms with Gasteiger partial charge in [0, 0.05) is 0 Å². The minimum atomic E-state index is 0. The summed E-state index contributed by atoms with van der Waals surface area (Å²) >= 11 is 0. The molecule has 0 aliphatic carbocycles. The van der Waals surface area contributed by atoms with Crippen LogP contribution in [0.15, 0.2) is 0 Å². The quantitative estimate of drug-likeness (QED) is 0.313. The predicted molar refractivity (Wildman–Crippen MR) is 26.6 cm³/mol. The van der Waals surface area contributed by atoms with Gasteiger partial charge in [-0.3, -0.25) is 0 Å². The van der Waals surface area contributed by atoms with E-state index in [-0.39, 0.29) is 57.6 Å². The fourth-order valence-corrected chi connectivity index (χ4v) is 0. The van der Waals surface area contributed by atoms with Crippen LogP contribution in [0.5, 0.6) is 0 Å². The number of hydrogen-bond donors (Lipinski definition) is 1. The molecule has 5 nitrogen and oxygen atoms in total. The van der Waals surface area contributed by atoms with Gasteiger partial charge in [0.15, 0.2) is 0 Å². The van der Waals surface area contributed by atoms with E-state index in [4.69, 9.17) is 0 Å². The van der Waals surface area contributed by atoms with E-state index in [0.29, 0.717) is 0 Å². The molecule has 0 saturated heterocycles. The first-order valence-electron chi connectivity index (χ1n) is 0. The Kier molecular flexibility index (Phi) is 12400. The maximum absolute atomic E-state index is 0. The van der Waals surface area contributed by atoms with Crippen LogP contribution in [0.2, 0.25) is 0 Å². The van der Waals surface area contributed by atoms with Crippen LogP contribution < -0.4 is 6.15 Å². The van der Waals surface area contributed by atoms with Gasteiger partial charge in [0.05, 0.1) is 0 Å². The molecule has 0 amide bonds. The van der Waals surface area contributed by atoms with Crippen LogP contribution >= 0.6 is 0 Å². The average molecular weight is 113 g/mol. The summed E-state index contributed by atoms with van der Waals surface area (Å²) in [6.45, 7) is 0. The Hall–Kier alpha value is 0.800. The van der Waals surface area contributed by atoms with Crippen LogP contribution in [0.4, 0.5) is 0 Å². The number of rotatable bonds is 0. The molecule has 0 saturated carbocycles. The van der Waals surface area contributed by atoms with Crippen molar-refractivity contribution in [2.24, 2.45) is 0 Å². The maximum atomic E-state index is 0. The van der Waals surface area contributed by atoms with Gasteiger partial charge in [-0.1, -0.05) is 0 Å². The fourth-order valence-electron chi connectivity index (χ4n) is 0. The molecule has 0 heterocycles. The molecule has 0 aliphatic rings. The summed E-state index contributed by atoms with van der Waals surface area (Å²) in [4.78, 5) is 0. The zero-order chi connectivity index (χ0) is 0. The second-order valence-corrected chi connectivity index (χ2v) is 0. The van der Waals surface area contributed by atoms with E-state index in [1.54, 1.807) is 0 Å². The summed E-state index contributed by atoms with van der Waals surface area (Å²) in [5, 5.41) is 0. The fraction of sp³-hybridized carbons (Fsp3) is 0. The van der Waals surface area contributed by atoms with Gasteiger partial charge in [0.2, 0.25) is 0 Å². The van der Waals surface area contributed by atoms with Crippen LogP contribution in [-0.4, -0.2) is 51.5 Å². The molecule has 0 unspecified atom stereocenters. The summed E-state index contributed by atoms with van der Waals surface area (Å²) in [5.74, 6) is 0. The Bertz CT molecular complexity index is 7.51. The molecule has 0 spiro atoms. The van der Waals surface area contributed by atoms with Crippen LogP contribution in [0, 0.1) is 0 Å². The third kappa shape index (κ3) is 108.